The molecule has 156 valence electrons. The summed E-state index contributed by atoms with van der Waals surface area (Å²) in [6, 6.07) is 9.68. The second-order valence-corrected chi connectivity index (χ2v) is 7.54. The van der Waals surface area contributed by atoms with E-state index in [1.807, 2.05) is 24.3 Å². The van der Waals surface area contributed by atoms with E-state index in [1.165, 1.54) is 5.56 Å². The molecule has 0 saturated carbocycles. The number of hydrogen-bond acceptors (Lipinski definition) is 6. The highest BCUT2D eigenvalue weighted by Gasteiger charge is 2.37. The first kappa shape index (κ1) is 21.1. The van der Waals surface area contributed by atoms with Crippen molar-refractivity contribution in [2.75, 3.05) is 26.3 Å². The first-order valence-corrected chi connectivity index (χ1v) is 10.4. The molecule has 0 aromatic heterocycles. The monoisotopic (exact) mass is 399 g/mol. The minimum absolute atomic E-state index is 0.0538. The summed E-state index contributed by atoms with van der Waals surface area (Å²) >= 11 is 0. The maximum absolute atomic E-state index is 12.7. The van der Waals surface area contributed by atoms with Crippen molar-refractivity contribution >= 4 is 11.9 Å². The molecule has 2 heterocycles. The fourth-order valence-corrected chi connectivity index (χ4v) is 4.02. The molecule has 1 N–H and O–H groups in total. The summed E-state index contributed by atoms with van der Waals surface area (Å²) in [6.45, 7) is 4.10. The molecule has 2 aliphatic rings. The Morgan fingerprint density at radius 2 is 2.10 bits per heavy atom. The summed E-state index contributed by atoms with van der Waals surface area (Å²) in [4.78, 5) is 25.8. The molecule has 1 amide bonds. The first-order chi connectivity index (χ1) is 14.1. The molecule has 1 aromatic carbocycles. The Morgan fingerprint density at radius 1 is 1.31 bits per heavy atom. The minimum atomic E-state index is -0.274. The topological polar surface area (TPSA) is 91.7 Å². The molecular weight excluding hydrogens is 370 g/mol. The average molecular weight is 399 g/mol. The van der Waals surface area contributed by atoms with Gasteiger partial charge in [0.25, 0.3) is 0 Å². The van der Waals surface area contributed by atoms with Gasteiger partial charge in [0, 0.05) is 19.5 Å². The van der Waals surface area contributed by atoms with Crippen LogP contribution < -0.4 is 10.1 Å². The van der Waals surface area contributed by atoms with Crippen LogP contribution in [0.15, 0.2) is 24.3 Å². The molecule has 0 radical (unpaired) electrons. The Hall–Kier alpha value is -2.59. The zero-order chi connectivity index (χ0) is 20.6. The number of nitrogens with zero attached hydrogens (tertiary/aromatic N) is 2. The van der Waals surface area contributed by atoms with E-state index in [-0.39, 0.29) is 29.9 Å². The van der Waals surface area contributed by atoms with E-state index in [0.29, 0.717) is 32.6 Å². The van der Waals surface area contributed by atoms with Crippen LogP contribution in [-0.4, -0.2) is 55.2 Å². The third kappa shape index (κ3) is 5.48. The molecule has 29 heavy (non-hydrogen) atoms. The lowest BCUT2D eigenvalue weighted by atomic mass is 9.96. The lowest BCUT2D eigenvalue weighted by molar-refractivity contribution is -0.143. The molecule has 0 unspecified atom stereocenters. The summed E-state index contributed by atoms with van der Waals surface area (Å²) in [7, 11) is 0. The molecule has 0 spiro atoms. The number of ether oxygens (including phenoxy) is 2. The van der Waals surface area contributed by atoms with E-state index >= 15 is 0 Å². The number of nitriles is 1. The van der Waals surface area contributed by atoms with Crippen molar-refractivity contribution in [1.29, 1.82) is 5.26 Å². The Labute approximate surface area is 172 Å². The second-order valence-electron chi connectivity index (χ2n) is 7.54. The summed E-state index contributed by atoms with van der Waals surface area (Å²) in [6.07, 6.45) is 3.41. The minimum Gasteiger partial charge on any atom is -0.494 e. The van der Waals surface area contributed by atoms with Crippen LogP contribution in [0.4, 0.5) is 0 Å². The van der Waals surface area contributed by atoms with Gasteiger partial charge in [0.1, 0.15) is 11.8 Å². The van der Waals surface area contributed by atoms with Crippen LogP contribution in [0.1, 0.15) is 50.5 Å². The van der Waals surface area contributed by atoms with Gasteiger partial charge in [-0.25, -0.2) is 0 Å². The first-order valence-electron chi connectivity index (χ1n) is 10.4. The maximum Gasteiger partial charge on any atom is 0.305 e. The highest BCUT2D eigenvalue weighted by atomic mass is 16.5. The number of nitrogens with one attached hydrogen (secondary N) is 1. The zero-order valence-corrected chi connectivity index (χ0v) is 16.9. The molecule has 3 atom stereocenters. The lowest BCUT2D eigenvalue weighted by Crippen LogP contribution is -2.45. The molecule has 1 aromatic rings. The largest absolute Gasteiger partial charge is 0.494 e. The molecule has 0 bridgehead atoms. The number of carbonyl (C=O) groups is 2. The predicted molar refractivity (Wildman–Crippen MR) is 107 cm³/mol. The molecule has 3 rings (SSSR count). The van der Waals surface area contributed by atoms with Crippen molar-refractivity contribution in [1.82, 2.24) is 10.2 Å². The number of hydrogen-bond donors (Lipinski definition) is 1. The summed E-state index contributed by atoms with van der Waals surface area (Å²) in [5.74, 6) is 0.896. The normalized spacial score (nSPS) is 23.6. The number of likely N-dealkylation sites (tertiary alicyclic amines) is 1. The van der Waals surface area contributed by atoms with Crippen LogP contribution in [0.5, 0.6) is 5.75 Å². The molecule has 2 fully saturated rings. The molecule has 2 saturated heterocycles. The highest BCUT2D eigenvalue weighted by molar-refractivity contribution is 5.83. The van der Waals surface area contributed by atoms with Gasteiger partial charge in [0.15, 0.2) is 0 Å². The second kappa shape index (κ2) is 10.3. The number of amides is 1. The molecule has 0 aliphatic carbocycles. The van der Waals surface area contributed by atoms with E-state index in [9.17, 15) is 14.9 Å². The summed E-state index contributed by atoms with van der Waals surface area (Å²) in [5, 5.41) is 12.5. The van der Waals surface area contributed by atoms with E-state index < -0.39 is 0 Å². The van der Waals surface area contributed by atoms with Gasteiger partial charge in [-0.3, -0.25) is 9.59 Å². The number of esters is 1. The average Bonchev–Trinajstić information content (AvgIpc) is 3.41. The van der Waals surface area contributed by atoms with E-state index in [0.717, 1.165) is 31.6 Å². The van der Waals surface area contributed by atoms with Crippen LogP contribution in [-0.2, 0) is 14.3 Å². The van der Waals surface area contributed by atoms with Gasteiger partial charge in [0.2, 0.25) is 5.91 Å². The van der Waals surface area contributed by atoms with Crippen LogP contribution in [0.3, 0.4) is 0 Å². The van der Waals surface area contributed by atoms with Crippen molar-refractivity contribution in [2.45, 2.75) is 57.0 Å². The Balaban J connectivity index is 1.45. The molecule has 7 heteroatoms. The van der Waals surface area contributed by atoms with Crippen LogP contribution in [0, 0.1) is 11.3 Å². The van der Waals surface area contributed by atoms with Gasteiger partial charge in [0.05, 0.1) is 25.3 Å². The predicted octanol–water partition coefficient (Wildman–Crippen LogP) is 2.37. The molecule has 2 aliphatic heterocycles. The molecular formula is C22H29N3O4. The van der Waals surface area contributed by atoms with Crippen LogP contribution in [0.25, 0.3) is 0 Å². The van der Waals surface area contributed by atoms with Crippen molar-refractivity contribution < 1.29 is 19.1 Å². The molecule has 7 nitrogen and oxygen atoms in total. The maximum atomic E-state index is 12.7. The Bertz CT molecular complexity index is 743. The van der Waals surface area contributed by atoms with E-state index in [2.05, 4.69) is 11.4 Å². The number of rotatable bonds is 8. The van der Waals surface area contributed by atoms with Crippen molar-refractivity contribution in [3.05, 3.63) is 29.8 Å². The highest BCUT2D eigenvalue weighted by Crippen LogP contribution is 2.29. The third-order valence-electron chi connectivity index (χ3n) is 5.56. The van der Waals surface area contributed by atoms with E-state index in [4.69, 9.17) is 9.47 Å². The quantitative estimate of drug-likeness (QED) is 0.533. The van der Waals surface area contributed by atoms with Crippen molar-refractivity contribution in [2.24, 2.45) is 0 Å². The van der Waals surface area contributed by atoms with Gasteiger partial charge < -0.3 is 19.7 Å². The number of carbonyl (C=O) groups excluding carboxylic acids is 2. The standard InChI is InChI=1S/C22H29N3O4/c1-2-28-21(26)6-4-12-29-19-9-7-16(8-10-19)17-13-20(24-15-17)22(27)25-11-3-5-18(25)14-23/h7-10,17-18,20,24H,2-6,11-13,15H2,1H3/t17-,18-,20-/m0/s1. The van der Waals surface area contributed by atoms with Crippen molar-refractivity contribution in [3.63, 3.8) is 0 Å². The van der Waals surface area contributed by atoms with Gasteiger partial charge in [-0.05, 0) is 56.2 Å². The Morgan fingerprint density at radius 3 is 2.83 bits per heavy atom. The van der Waals surface area contributed by atoms with Crippen LogP contribution >= 0.6 is 0 Å². The fraction of sp³-hybridized carbons (Fsp3) is 0.591. The smallest absolute Gasteiger partial charge is 0.305 e. The fourth-order valence-electron chi connectivity index (χ4n) is 4.02. The third-order valence-corrected chi connectivity index (χ3v) is 5.56. The number of benzene rings is 1. The van der Waals surface area contributed by atoms with Gasteiger partial charge in [-0.15, -0.1) is 0 Å². The summed E-state index contributed by atoms with van der Waals surface area (Å²) in [5.41, 5.74) is 1.17. The van der Waals surface area contributed by atoms with Gasteiger partial charge in [-0.1, -0.05) is 12.1 Å². The lowest BCUT2D eigenvalue weighted by Gasteiger charge is -2.23. The van der Waals surface area contributed by atoms with Crippen molar-refractivity contribution in [3.8, 4) is 11.8 Å². The zero-order valence-electron chi connectivity index (χ0n) is 16.9. The van der Waals surface area contributed by atoms with Gasteiger partial charge in [-0.2, -0.15) is 5.26 Å². The van der Waals surface area contributed by atoms with Gasteiger partial charge >= 0.3 is 5.97 Å². The summed E-state index contributed by atoms with van der Waals surface area (Å²) < 4.78 is 10.6. The Kier molecular flexibility index (Phi) is 7.48. The SMILES string of the molecule is CCOC(=O)CCCOc1ccc([C@@H]2CN[C@H](C(=O)N3CCC[C@H]3C#N)C2)cc1. The van der Waals surface area contributed by atoms with E-state index in [1.54, 1.807) is 11.8 Å². The van der Waals surface area contributed by atoms with Crippen LogP contribution in [0.2, 0.25) is 0 Å².